The van der Waals surface area contributed by atoms with Gasteiger partial charge in [-0.3, -0.25) is 0 Å². The van der Waals surface area contributed by atoms with Crippen molar-refractivity contribution in [3.05, 3.63) is 34.9 Å². The van der Waals surface area contributed by atoms with Crippen LogP contribution in [0, 0.1) is 18.3 Å². The van der Waals surface area contributed by atoms with Crippen LogP contribution in [0.5, 0.6) is 0 Å². The van der Waals surface area contributed by atoms with Gasteiger partial charge in [0.2, 0.25) is 0 Å². The average molecular weight is 273 g/mol. The highest BCUT2D eigenvalue weighted by Gasteiger charge is 2.54. The van der Waals surface area contributed by atoms with Crippen LogP contribution in [0.3, 0.4) is 0 Å². The molecule has 0 aliphatic heterocycles. The standard InChI is InChI=1S/C18H27NO/c1-13-5-8-17(12-19,9-6-13)18(20)10-7-15-4-3-14(2)11-16(15)18/h3-4,11,13,20H,5-10,12,19H2,1-2H3. The lowest BCUT2D eigenvalue weighted by molar-refractivity contribution is -0.109. The summed E-state index contributed by atoms with van der Waals surface area (Å²) in [5.41, 5.74) is 9.09. The van der Waals surface area contributed by atoms with E-state index in [1.54, 1.807) is 0 Å². The van der Waals surface area contributed by atoms with Crippen molar-refractivity contribution in [2.45, 2.75) is 58.0 Å². The largest absolute Gasteiger partial charge is 0.385 e. The van der Waals surface area contributed by atoms with Gasteiger partial charge in [-0.15, -0.1) is 0 Å². The molecule has 2 aliphatic rings. The van der Waals surface area contributed by atoms with Gasteiger partial charge in [0, 0.05) is 12.0 Å². The summed E-state index contributed by atoms with van der Waals surface area (Å²) in [5, 5.41) is 11.5. The Labute approximate surface area is 122 Å². The number of hydrogen-bond donors (Lipinski definition) is 2. The van der Waals surface area contributed by atoms with Crippen LogP contribution in [-0.2, 0) is 12.0 Å². The number of benzene rings is 1. The number of hydrogen-bond acceptors (Lipinski definition) is 2. The van der Waals surface area contributed by atoms with E-state index in [2.05, 4.69) is 32.0 Å². The van der Waals surface area contributed by atoms with Crippen molar-refractivity contribution in [2.24, 2.45) is 17.1 Å². The van der Waals surface area contributed by atoms with Gasteiger partial charge >= 0.3 is 0 Å². The third-order valence-corrected chi connectivity index (χ3v) is 5.97. The van der Waals surface area contributed by atoms with Crippen LogP contribution in [0.2, 0.25) is 0 Å². The molecule has 1 atom stereocenters. The highest BCUT2D eigenvalue weighted by molar-refractivity contribution is 5.42. The van der Waals surface area contributed by atoms with E-state index in [0.29, 0.717) is 6.54 Å². The summed E-state index contributed by atoms with van der Waals surface area (Å²) in [5.74, 6) is 0.775. The average Bonchev–Trinajstić information content (AvgIpc) is 2.79. The molecule has 1 aromatic carbocycles. The van der Waals surface area contributed by atoms with Crippen LogP contribution in [0.15, 0.2) is 18.2 Å². The molecule has 20 heavy (non-hydrogen) atoms. The highest BCUT2D eigenvalue weighted by atomic mass is 16.3. The Morgan fingerprint density at radius 1 is 1.25 bits per heavy atom. The number of aliphatic hydroxyl groups is 1. The molecular formula is C18H27NO. The molecule has 2 heteroatoms. The normalized spacial score (nSPS) is 36.9. The van der Waals surface area contributed by atoms with E-state index in [0.717, 1.165) is 37.2 Å². The Bertz CT molecular complexity index is 502. The molecule has 0 amide bonds. The van der Waals surface area contributed by atoms with Crippen molar-refractivity contribution < 1.29 is 5.11 Å². The van der Waals surface area contributed by atoms with Gasteiger partial charge in [0.25, 0.3) is 0 Å². The lowest BCUT2D eigenvalue weighted by atomic mass is 9.59. The zero-order valence-corrected chi connectivity index (χ0v) is 12.8. The second-order valence-corrected chi connectivity index (χ2v) is 7.19. The Balaban J connectivity index is 2.03. The molecule has 3 N–H and O–H groups in total. The Hall–Kier alpha value is -0.860. The fourth-order valence-electron chi connectivity index (χ4n) is 4.40. The lowest BCUT2D eigenvalue weighted by Gasteiger charge is -2.49. The van der Waals surface area contributed by atoms with E-state index < -0.39 is 5.60 Å². The first kappa shape index (κ1) is 14.1. The van der Waals surface area contributed by atoms with Gasteiger partial charge < -0.3 is 10.8 Å². The lowest BCUT2D eigenvalue weighted by Crippen LogP contribution is -2.51. The molecule has 1 saturated carbocycles. The first-order valence-electron chi connectivity index (χ1n) is 8.03. The number of nitrogens with two attached hydrogens (primary N) is 1. The molecule has 2 nitrogen and oxygen atoms in total. The van der Waals surface area contributed by atoms with Crippen LogP contribution in [-0.4, -0.2) is 11.7 Å². The van der Waals surface area contributed by atoms with E-state index in [9.17, 15) is 5.11 Å². The van der Waals surface area contributed by atoms with Gasteiger partial charge in [0.05, 0.1) is 5.60 Å². The molecule has 3 rings (SSSR count). The maximum absolute atomic E-state index is 11.5. The minimum Gasteiger partial charge on any atom is -0.385 e. The fourth-order valence-corrected chi connectivity index (χ4v) is 4.40. The molecule has 0 spiro atoms. The topological polar surface area (TPSA) is 46.2 Å². The van der Waals surface area contributed by atoms with Crippen molar-refractivity contribution in [2.75, 3.05) is 6.54 Å². The maximum Gasteiger partial charge on any atom is 0.0970 e. The van der Waals surface area contributed by atoms with E-state index in [1.807, 2.05) is 0 Å². The molecule has 0 aromatic heterocycles. The summed E-state index contributed by atoms with van der Waals surface area (Å²) in [6, 6.07) is 6.54. The second kappa shape index (κ2) is 4.85. The molecule has 0 bridgehead atoms. The van der Waals surface area contributed by atoms with Crippen LogP contribution < -0.4 is 5.73 Å². The third-order valence-electron chi connectivity index (χ3n) is 5.97. The summed E-state index contributed by atoms with van der Waals surface area (Å²) in [6.45, 7) is 5.03. The van der Waals surface area contributed by atoms with Crippen molar-refractivity contribution in [1.82, 2.24) is 0 Å². The van der Waals surface area contributed by atoms with Gasteiger partial charge in [-0.2, -0.15) is 0 Å². The van der Waals surface area contributed by atoms with Crippen molar-refractivity contribution in [1.29, 1.82) is 0 Å². The quantitative estimate of drug-likeness (QED) is 0.868. The number of aryl methyl sites for hydroxylation is 2. The minimum atomic E-state index is -0.705. The summed E-state index contributed by atoms with van der Waals surface area (Å²) in [7, 11) is 0. The van der Waals surface area contributed by atoms with E-state index in [1.165, 1.54) is 24.0 Å². The van der Waals surface area contributed by atoms with Gasteiger partial charge in [-0.05, 0) is 49.7 Å². The molecule has 1 fully saturated rings. The van der Waals surface area contributed by atoms with Gasteiger partial charge in [-0.1, -0.05) is 43.5 Å². The Morgan fingerprint density at radius 3 is 2.60 bits per heavy atom. The monoisotopic (exact) mass is 273 g/mol. The first-order valence-corrected chi connectivity index (χ1v) is 8.03. The highest BCUT2D eigenvalue weighted by Crippen LogP contribution is 2.55. The van der Waals surface area contributed by atoms with Crippen LogP contribution in [0.4, 0.5) is 0 Å². The Kier molecular flexibility index (Phi) is 3.42. The van der Waals surface area contributed by atoms with Crippen molar-refractivity contribution >= 4 is 0 Å². The molecule has 0 radical (unpaired) electrons. The summed E-state index contributed by atoms with van der Waals surface area (Å²) in [4.78, 5) is 0. The zero-order chi connectivity index (χ0) is 14.4. The van der Waals surface area contributed by atoms with Gasteiger partial charge in [0.15, 0.2) is 0 Å². The number of rotatable bonds is 2. The van der Waals surface area contributed by atoms with E-state index >= 15 is 0 Å². The fraction of sp³-hybridized carbons (Fsp3) is 0.667. The predicted molar refractivity (Wildman–Crippen MR) is 82.5 cm³/mol. The molecule has 1 unspecified atom stereocenters. The molecule has 110 valence electrons. The summed E-state index contributed by atoms with van der Waals surface area (Å²) < 4.78 is 0. The zero-order valence-electron chi connectivity index (χ0n) is 12.8. The maximum atomic E-state index is 11.5. The van der Waals surface area contributed by atoms with Gasteiger partial charge in [0.1, 0.15) is 0 Å². The summed E-state index contributed by atoms with van der Waals surface area (Å²) >= 11 is 0. The van der Waals surface area contributed by atoms with E-state index in [4.69, 9.17) is 5.73 Å². The third kappa shape index (κ3) is 1.93. The minimum absolute atomic E-state index is 0.113. The van der Waals surface area contributed by atoms with Gasteiger partial charge in [-0.25, -0.2) is 0 Å². The SMILES string of the molecule is Cc1ccc2c(c1)C(O)(C1(CN)CCC(C)CC1)CC2. The predicted octanol–water partition coefficient (Wildman–Crippen LogP) is 3.28. The van der Waals surface area contributed by atoms with Crippen LogP contribution >= 0.6 is 0 Å². The Morgan fingerprint density at radius 2 is 1.95 bits per heavy atom. The van der Waals surface area contributed by atoms with Crippen LogP contribution in [0.25, 0.3) is 0 Å². The molecule has 1 aromatic rings. The molecule has 0 saturated heterocycles. The van der Waals surface area contributed by atoms with Crippen molar-refractivity contribution in [3.63, 3.8) is 0 Å². The first-order chi connectivity index (χ1) is 9.51. The van der Waals surface area contributed by atoms with E-state index in [-0.39, 0.29) is 5.41 Å². The molecule has 0 heterocycles. The smallest absolute Gasteiger partial charge is 0.0970 e. The molecular weight excluding hydrogens is 246 g/mol. The molecule has 2 aliphatic carbocycles. The summed E-state index contributed by atoms with van der Waals surface area (Å²) in [6.07, 6.45) is 6.35. The van der Waals surface area contributed by atoms with Crippen LogP contribution in [0.1, 0.15) is 55.7 Å². The second-order valence-electron chi connectivity index (χ2n) is 7.19. The van der Waals surface area contributed by atoms with Crippen molar-refractivity contribution in [3.8, 4) is 0 Å². The number of fused-ring (bicyclic) bond motifs is 1.